The molecular weight excluding hydrogens is 563 g/mol. The molecule has 2 aromatic carbocycles. The van der Waals surface area contributed by atoms with Crippen LogP contribution in [0.4, 0.5) is 0 Å². The summed E-state index contributed by atoms with van der Waals surface area (Å²) in [6.07, 6.45) is 1.26. The van der Waals surface area contributed by atoms with Crippen LogP contribution in [0.5, 0.6) is 0 Å². The SMILES string of the molecule is CCC(CN(C)S(=O)(=O)C1CC1)N1C(=O)[C@](CC(=O)O)(OC)CC(c2cccc(Cl)c2)[C@H]1c1ccc(Cl)cc1. The number of ether oxygens (including phenoxy) is 1. The van der Waals surface area contributed by atoms with Gasteiger partial charge < -0.3 is 14.7 Å². The van der Waals surface area contributed by atoms with E-state index in [1.165, 1.54) is 18.5 Å². The van der Waals surface area contributed by atoms with Gasteiger partial charge in [-0.15, -0.1) is 0 Å². The number of hydrogen-bond donors (Lipinski definition) is 1. The number of likely N-dealkylation sites (tertiary alicyclic amines) is 1. The number of piperidine rings is 1. The van der Waals surface area contributed by atoms with E-state index in [1.807, 2.05) is 37.3 Å². The predicted molar refractivity (Wildman–Crippen MR) is 150 cm³/mol. The van der Waals surface area contributed by atoms with Crippen molar-refractivity contribution in [2.24, 2.45) is 0 Å². The molecule has 11 heteroatoms. The zero-order chi connectivity index (χ0) is 28.5. The molecule has 0 aromatic heterocycles. The molecule has 1 saturated carbocycles. The predicted octanol–water partition coefficient (Wildman–Crippen LogP) is 5.11. The Morgan fingerprint density at radius 1 is 1.15 bits per heavy atom. The molecule has 1 amide bonds. The lowest BCUT2D eigenvalue weighted by Crippen LogP contribution is -2.62. The molecule has 2 aromatic rings. The van der Waals surface area contributed by atoms with Crippen molar-refractivity contribution >= 4 is 45.1 Å². The number of nitrogens with zero attached hydrogens (tertiary/aromatic N) is 2. The van der Waals surface area contributed by atoms with Crippen LogP contribution in [-0.4, -0.2) is 72.2 Å². The molecule has 1 heterocycles. The van der Waals surface area contributed by atoms with Crippen LogP contribution < -0.4 is 0 Å². The molecule has 8 nitrogen and oxygen atoms in total. The Labute approximate surface area is 239 Å². The number of likely N-dealkylation sites (N-methyl/N-ethyl adjacent to an activating group) is 1. The number of methoxy groups -OCH3 is 1. The summed E-state index contributed by atoms with van der Waals surface area (Å²) in [6.45, 7) is 1.96. The Morgan fingerprint density at radius 2 is 1.82 bits per heavy atom. The van der Waals surface area contributed by atoms with Crippen molar-refractivity contribution in [2.75, 3.05) is 20.7 Å². The van der Waals surface area contributed by atoms with Gasteiger partial charge in [-0.25, -0.2) is 12.7 Å². The van der Waals surface area contributed by atoms with E-state index in [4.69, 9.17) is 27.9 Å². The molecule has 4 atom stereocenters. The van der Waals surface area contributed by atoms with Crippen LogP contribution in [0.2, 0.25) is 10.0 Å². The summed E-state index contributed by atoms with van der Waals surface area (Å²) in [5.74, 6) is -2.04. The van der Waals surface area contributed by atoms with Crippen LogP contribution in [0.1, 0.15) is 62.1 Å². The van der Waals surface area contributed by atoms with E-state index in [2.05, 4.69) is 0 Å². The maximum Gasteiger partial charge on any atom is 0.306 e. The van der Waals surface area contributed by atoms with Gasteiger partial charge in [-0.2, -0.15) is 0 Å². The number of carbonyl (C=O) groups is 2. The largest absolute Gasteiger partial charge is 0.481 e. The molecule has 1 saturated heterocycles. The van der Waals surface area contributed by atoms with Gasteiger partial charge in [0.2, 0.25) is 10.0 Å². The quantitative estimate of drug-likeness (QED) is 0.386. The second-order valence-corrected chi connectivity index (χ2v) is 13.6. The second-order valence-electron chi connectivity index (χ2n) is 10.4. The first kappa shape index (κ1) is 29.8. The molecule has 0 bridgehead atoms. The van der Waals surface area contributed by atoms with Crippen molar-refractivity contribution in [1.82, 2.24) is 9.21 Å². The van der Waals surface area contributed by atoms with E-state index in [9.17, 15) is 23.1 Å². The number of carboxylic acids is 1. The molecule has 2 fully saturated rings. The minimum absolute atomic E-state index is 0.0697. The van der Waals surface area contributed by atoms with Crippen LogP contribution in [0.25, 0.3) is 0 Å². The highest BCUT2D eigenvalue weighted by atomic mass is 35.5. The first-order chi connectivity index (χ1) is 18.4. The highest BCUT2D eigenvalue weighted by Crippen LogP contribution is 2.50. The van der Waals surface area contributed by atoms with Crippen molar-refractivity contribution in [1.29, 1.82) is 0 Å². The lowest BCUT2D eigenvalue weighted by Gasteiger charge is -2.52. The first-order valence-electron chi connectivity index (χ1n) is 13.0. The van der Waals surface area contributed by atoms with Crippen LogP contribution in [-0.2, 0) is 24.3 Å². The molecule has 39 heavy (non-hydrogen) atoms. The van der Waals surface area contributed by atoms with Crippen LogP contribution >= 0.6 is 23.2 Å². The van der Waals surface area contributed by atoms with E-state index < -0.39 is 57.2 Å². The van der Waals surface area contributed by atoms with E-state index in [-0.39, 0.29) is 13.0 Å². The third kappa shape index (κ3) is 6.12. The van der Waals surface area contributed by atoms with Crippen molar-refractivity contribution in [3.63, 3.8) is 0 Å². The number of sulfonamides is 1. The first-order valence-corrected chi connectivity index (χ1v) is 15.2. The summed E-state index contributed by atoms with van der Waals surface area (Å²) in [7, 11) is -0.617. The van der Waals surface area contributed by atoms with Gasteiger partial charge in [0.1, 0.15) is 0 Å². The number of rotatable bonds is 11. The summed E-state index contributed by atoms with van der Waals surface area (Å²) in [5, 5.41) is 10.5. The van der Waals surface area contributed by atoms with E-state index >= 15 is 0 Å². The van der Waals surface area contributed by atoms with Gasteiger partial charge in [0.15, 0.2) is 5.60 Å². The molecule has 0 radical (unpaired) electrons. The van der Waals surface area contributed by atoms with E-state index in [0.29, 0.717) is 29.3 Å². The molecule has 1 aliphatic heterocycles. The third-order valence-electron chi connectivity index (χ3n) is 7.88. The number of carbonyl (C=O) groups excluding carboxylic acids is 1. The zero-order valence-electron chi connectivity index (χ0n) is 22.2. The van der Waals surface area contributed by atoms with Gasteiger partial charge in [0.05, 0.1) is 17.7 Å². The summed E-state index contributed by atoms with van der Waals surface area (Å²) < 4.78 is 33.2. The van der Waals surface area contributed by atoms with Crippen molar-refractivity contribution in [3.05, 3.63) is 69.7 Å². The normalized spacial score (nSPS) is 24.7. The van der Waals surface area contributed by atoms with Gasteiger partial charge in [-0.1, -0.05) is 54.4 Å². The Balaban J connectivity index is 1.89. The third-order valence-corrected chi connectivity index (χ3v) is 10.7. The minimum Gasteiger partial charge on any atom is -0.481 e. The molecule has 2 aliphatic rings. The Kier molecular flexibility index (Phi) is 8.98. The zero-order valence-corrected chi connectivity index (χ0v) is 24.5. The number of amides is 1. The molecule has 212 valence electrons. The van der Waals surface area contributed by atoms with E-state index in [0.717, 1.165) is 11.1 Å². The second kappa shape index (κ2) is 11.7. The molecule has 4 rings (SSSR count). The highest BCUT2D eigenvalue weighted by molar-refractivity contribution is 7.90. The molecule has 1 N–H and O–H groups in total. The van der Waals surface area contributed by atoms with Crippen LogP contribution in [0.3, 0.4) is 0 Å². The van der Waals surface area contributed by atoms with Gasteiger partial charge in [-0.3, -0.25) is 9.59 Å². The fraction of sp³-hybridized carbons (Fsp3) is 0.500. The van der Waals surface area contributed by atoms with E-state index in [1.54, 1.807) is 23.1 Å². The molecule has 2 unspecified atom stereocenters. The van der Waals surface area contributed by atoms with Crippen LogP contribution in [0.15, 0.2) is 48.5 Å². The summed E-state index contributed by atoms with van der Waals surface area (Å²) in [6, 6.07) is 13.4. The number of halogens is 2. The molecule has 1 aliphatic carbocycles. The monoisotopic (exact) mass is 596 g/mol. The van der Waals surface area contributed by atoms with Crippen molar-refractivity contribution in [3.8, 4) is 0 Å². The number of hydrogen-bond acceptors (Lipinski definition) is 5. The summed E-state index contributed by atoms with van der Waals surface area (Å²) >= 11 is 12.6. The number of benzene rings is 2. The van der Waals surface area contributed by atoms with Gasteiger partial charge in [0.25, 0.3) is 5.91 Å². The fourth-order valence-electron chi connectivity index (χ4n) is 5.66. The molecule has 0 spiro atoms. The topological polar surface area (TPSA) is 104 Å². The van der Waals surface area contributed by atoms with Crippen LogP contribution in [0, 0.1) is 0 Å². The van der Waals surface area contributed by atoms with Crippen molar-refractivity contribution < 1.29 is 27.9 Å². The van der Waals surface area contributed by atoms with Gasteiger partial charge in [0, 0.05) is 42.7 Å². The van der Waals surface area contributed by atoms with Crippen molar-refractivity contribution in [2.45, 2.75) is 67.9 Å². The Bertz CT molecular complexity index is 1320. The maximum atomic E-state index is 14.4. The number of aliphatic carboxylic acids is 1. The fourth-order valence-corrected chi connectivity index (χ4v) is 7.61. The standard InChI is InChI=1S/C28H34Cl2N2O6S/c1-4-22(17-31(2)39(36,37)23-12-13-23)32-26(18-8-10-20(29)11-9-18)24(19-6-5-7-21(30)14-19)15-28(38-3,27(32)35)16-25(33)34/h5-11,14,22-24,26H,4,12-13,15-17H2,1-3H3,(H,33,34)/t22?,24?,26-,28+/m1/s1. The summed E-state index contributed by atoms with van der Waals surface area (Å²) in [4.78, 5) is 28.1. The van der Waals surface area contributed by atoms with Gasteiger partial charge >= 0.3 is 5.97 Å². The maximum absolute atomic E-state index is 14.4. The number of carboxylic acid groups (broad SMARTS) is 1. The lowest BCUT2D eigenvalue weighted by molar-refractivity contribution is -0.178. The Hall–Kier alpha value is -2.17. The highest BCUT2D eigenvalue weighted by Gasteiger charge is 2.55. The lowest BCUT2D eigenvalue weighted by atomic mass is 9.72. The smallest absolute Gasteiger partial charge is 0.306 e. The minimum atomic E-state index is -3.50. The Morgan fingerprint density at radius 3 is 2.36 bits per heavy atom. The van der Waals surface area contributed by atoms with Gasteiger partial charge in [-0.05, 0) is 61.1 Å². The average Bonchev–Trinajstić information content (AvgIpc) is 3.75. The average molecular weight is 598 g/mol. The summed E-state index contributed by atoms with van der Waals surface area (Å²) in [5.41, 5.74) is -0.0344. The molecular formula is C28H34Cl2N2O6S.